The number of anilines is 1. The number of rotatable bonds is 8. The highest BCUT2D eigenvalue weighted by molar-refractivity contribution is 6.07. The Labute approximate surface area is 208 Å². The van der Waals surface area contributed by atoms with Gasteiger partial charge in [-0.15, -0.1) is 0 Å². The standard InChI is InChI=1S/C27H20F2N2O6/c28-18-5-1-3-14(10-18)9-17-12-16(7-8-20(17)37-13-15-4-2-6-19(29)11-15)21-22(26(33)34)24(30)31-25(32)23(21)27(35)36/h1-8,10-12H,9,13H2,(H,33,34)(H,35,36)(H3,30,31,32). The molecule has 0 saturated carbocycles. The van der Waals surface area contributed by atoms with Crippen LogP contribution in [0.5, 0.6) is 5.75 Å². The zero-order valence-corrected chi connectivity index (χ0v) is 19.1. The number of benzene rings is 3. The minimum absolute atomic E-state index is 0.00797. The predicted octanol–water partition coefficient (Wildman–Crippen LogP) is 4.47. The minimum Gasteiger partial charge on any atom is -0.489 e. The molecule has 0 aliphatic rings. The van der Waals surface area contributed by atoms with Crippen molar-refractivity contribution in [3.8, 4) is 16.9 Å². The molecular weight excluding hydrogens is 486 g/mol. The number of H-pyrrole nitrogens is 1. The number of nitrogens with one attached hydrogen (secondary N) is 1. The summed E-state index contributed by atoms with van der Waals surface area (Å²) in [7, 11) is 0. The van der Waals surface area contributed by atoms with Gasteiger partial charge in [-0.1, -0.05) is 30.3 Å². The van der Waals surface area contributed by atoms with Crippen LogP contribution in [0.4, 0.5) is 14.6 Å². The van der Waals surface area contributed by atoms with E-state index in [-0.39, 0.29) is 24.2 Å². The molecule has 10 heteroatoms. The maximum Gasteiger partial charge on any atom is 0.342 e. The molecule has 0 spiro atoms. The van der Waals surface area contributed by atoms with Crippen molar-refractivity contribution in [3.63, 3.8) is 0 Å². The van der Waals surface area contributed by atoms with E-state index in [1.807, 2.05) is 0 Å². The first-order valence-corrected chi connectivity index (χ1v) is 10.9. The molecule has 0 unspecified atom stereocenters. The van der Waals surface area contributed by atoms with Crippen LogP contribution >= 0.6 is 0 Å². The highest BCUT2D eigenvalue weighted by Crippen LogP contribution is 2.34. The number of hydrogen-bond donors (Lipinski definition) is 4. The van der Waals surface area contributed by atoms with E-state index in [2.05, 4.69) is 4.98 Å². The fraction of sp³-hybridized carbons (Fsp3) is 0.0741. The Morgan fingerprint density at radius 2 is 1.49 bits per heavy atom. The lowest BCUT2D eigenvalue weighted by molar-refractivity contribution is 0.0695. The van der Waals surface area contributed by atoms with Crippen molar-refractivity contribution in [2.24, 2.45) is 0 Å². The second-order valence-electron chi connectivity index (χ2n) is 8.15. The second kappa shape index (κ2) is 10.3. The van der Waals surface area contributed by atoms with Crippen molar-refractivity contribution in [3.05, 3.63) is 117 Å². The molecule has 8 nitrogen and oxygen atoms in total. The summed E-state index contributed by atoms with van der Waals surface area (Å²) in [5.74, 6) is -4.29. The molecule has 0 atom stereocenters. The molecule has 0 amide bonds. The number of carbonyl (C=O) groups is 2. The highest BCUT2D eigenvalue weighted by Gasteiger charge is 2.27. The van der Waals surface area contributed by atoms with Gasteiger partial charge < -0.3 is 25.7 Å². The van der Waals surface area contributed by atoms with Crippen molar-refractivity contribution in [2.45, 2.75) is 13.0 Å². The lowest BCUT2D eigenvalue weighted by Crippen LogP contribution is -2.24. The van der Waals surface area contributed by atoms with Crippen molar-refractivity contribution < 1.29 is 33.3 Å². The maximum absolute atomic E-state index is 13.8. The van der Waals surface area contributed by atoms with Crippen LogP contribution < -0.4 is 16.0 Å². The summed E-state index contributed by atoms with van der Waals surface area (Å²) in [6.45, 7) is -0.00797. The molecule has 188 valence electrons. The molecular formula is C27H20F2N2O6. The maximum atomic E-state index is 13.8. The number of aromatic amines is 1. The van der Waals surface area contributed by atoms with Crippen molar-refractivity contribution in [1.29, 1.82) is 0 Å². The van der Waals surface area contributed by atoms with Crippen LogP contribution in [0, 0.1) is 11.6 Å². The van der Waals surface area contributed by atoms with E-state index in [1.54, 1.807) is 12.1 Å². The first kappa shape index (κ1) is 25.1. The average molecular weight is 506 g/mol. The van der Waals surface area contributed by atoms with Crippen LogP contribution in [0.15, 0.2) is 71.5 Å². The number of hydrogen-bond acceptors (Lipinski definition) is 5. The fourth-order valence-corrected chi connectivity index (χ4v) is 4.00. The molecule has 0 aliphatic carbocycles. The van der Waals surface area contributed by atoms with Gasteiger partial charge in [-0.3, -0.25) is 4.79 Å². The van der Waals surface area contributed by atoms with Gasteiger partial charge in [0.1, 0.15) is 40.9 Å². The van der Waals surface area contributed by atoms with Gasteiger partial charge in [0.25, 0.3) is 5.56 Å². The normalized spacial score (nSPS) is 10.8. The van der Waals surface area contributed by atoms with Crippen LogP contribution in [0.25, 0.3) is 11.1 Å². The molecule has 5 N–H and O–H groups in total. The first-order valence-electron chi connectivity index (χ1n) is 10.9. The fourth-order valence-electron chi connectivity index (χ4n) is 4.00. The van der Waals surface area contributed by atoms with E-state index < -0.39 is 46.1 Å². The van der Waals surface area contributed by atoms with Gasteiger partial charge in [0, 0.05) is 12.0 Å². The van der Waals surface area contributed by atoms with Gasteiger partial charge >= 0.3 is 11.9 Å². The number of aromatic nitrogens is 1. The van der Waals surface area contributed by atoms with Crippen molar-refractivity contribution >= 4 is 17.8 Å². The van der Waals surface area contributed by atoms with E-state index >= 15 is 0 Å². The molecule has 0 bridgehead atoms. The summed E-state index contributed by atoms with van der Waals surface area (Å²) < 4.78 is 33.3. The first-order chi connectivity index (χ1) is 17.6. The number of nitrogens with two attached hydrogens (primary N) is 1. The third kappa shape index (κ3) is 5.48. The Kier molecular flexibility index (Phi) is 7.01. The van der Waals surface area contributed by atoms with E-state index in [4.69, 9.17) is 10.5 Å². The van der Waals surface area contributed by atoms with Gasteiger partial charge in [-0.2, -0.15) is 0 Å². The molecule has 0 aliphatic heterocycles. The zero-order chi connectivity index (χ0) is 26.7. The predicted molar refractivity (Wildman–Crippen MR) is 131 cm³/mol. The highest BCUT2D eigenvalue weighted by atomic mass is 19.1. The number of ether oxygens (including phenoxy) is 1. The third-order valence-electron chi connectivity index (χ3n) is 5.59. The van der Waals surface area contributed by atoms with Gasteiger partial charge in [0.2, 0.25) is 0 Å². The number of carboxylic acids is 2. The van der Waals surface area contributed by atoms with Crippen LogP contribution in [0.2, 0.25) is 0 Å². The molecule has 1 aromatic heterocycles. The summed E-state index contributed by atoms with van der Waals surface area (Å²) in [5, 5.41) is 19.4. The van der Waals surface area contributed by atoms with Crippen molar-refractivity contribution in [2.75, 3.05) is 5.73 Å². The van der Waals surface area contributed by atoms with Crippen LogP contribution in [-0.4, -0.2) is 27.1 Å². The van der Waals surface area contributed by atoms with E-state index in [0.717, 1.165) is 0 Å². The van der Waals surface area contributed by atoms with Crippen molar-refractivity contribution in [1.82, 2.24) is 4.98 Å². The van der Waals surface area contributed by atoms with Gasteiger partial charge in [0.15, 0.2) is 0 Å². The van der Waals surface area contributed by atoms with E-state index in [1.165, 1.54) is 54.6 Å². The average Bonchev–Trinajstić information content (AvgIpc) is 2.82. The molecule has 37 heavy (non-hydrogen) atoms. The molecule has 0 fully saturated rings. The lowest BCUT2D eigenvalue weighted by atomic mass is 9.92. The summed E-state index contributed by atoms with van der Waals surface area (Å²) in [4.78, 5) is 38.4. The number of nitrogen functional groups attached to an aromatic ring is 1. The third-order valence-corrected chi connectivity index (χ3v) is 5.59. The van der Waals surface area contributed by atoms with Crippen LogP contribution in [-0.2, 0) is 13.0 Å². The second-order valence-corrected chi connectivity index (χ2v) is 8.15. The summed E-state index contributed by atoms with van der Waals surface area (Å²) in [6, 6.07) is 15.9. The van der Waals surface area contributed by atoms with E-state index in [0.29, 0.717) is 22.4 Å². The van der Waals surface area contributed by atoms with Gasteiger partial charge in [-0.05, 0) is 58.7 Å². The molecule has 0 radical (unpaired) electrons. The molecule has 0 saturated heterocycles. The Morgan fingerprint density at radius 3 is 2.11 bits per heavy atom. The molecule has 1 heterocycles. The molecule has 4 rings (SSSR count). The molecule has 4 aromatic rings. The summed E-state index contributed by atoms with van der Waals surface area (Å²) >= 11 is 0. The Hall–Kier alpha value is -4.99. The molecule has 3 aromatic carbocycles. The van der Waals surface area contributed by atoms with Crippen LogP contribution in [0.1, 0.15) is 37.4 Å². The Balaban J connectivity index is 1.87. The van der Waals surface area contributed by atoms with E-state index in [9.17, 15) is 33.4 Å². The number of halogens is 2. The van der Waals surface area contributed by atoms with Crippen LogP contribution in [0.3, 0.4) is 0 Å². The zero-order valence-electron chi connectivity index (χ0n) is 19.1. The Morgan fingerprint density at radius 1 is 0.865 bits per heavy atom. The Bertz CT molecular complexity index is 1580. The largest absolute Gasteiger partial charge is 0.489 e. The monoisotopic (exact) mass is 506 g/mol. The minimum atomic E-state index is -1.64. The quantitative estimate of drug-likeness (QED) is 0.276. The smallest absolute Gasteiger partial charge is 0.342 e. The SMILES string of the molecule is Nc1[nH]c(=O)c(C(=O)O)c(-c2ccc(OCc3cccc(F)c3)c(Cc3cccc(F)c3)c2)c1C(=O)O. The van der Waals surface area contributed by atoms with Gasteiger partial charge in [0.05, 0.1) is 0 Å². The topological polar surface area (TPSA) is 143 Å². The number of carboxylic acid groups (broad SMARTS) is 2. The lowest BCUT2D eigenvalue weighted by Gasteiger charge is -2.16. The number of pyridine rings is 1. The summed E-state index contributed by atoms with van der Waals surface area (Å²) in [5.41, 5.74) is 4.53. The number of aromatic carboxylic acids is 2. The summed E-state index contributed by atoms with van der Waals surface area (Å²) in [6.07, 6.45) is 0.119. The van der Waals surface area contributed by atoms with Gasteiger partial charge in [-0.25, -0.2) is 18.4 Å².